The van der Waals surface area contributed by atoms with Crippen LogP contribution in [-0.4, -0.2) is 31.0 Å². The lowest BCUT2D eigenvalue weighted by Gasteiger charge is -2.26. The highest BCUT2D eigenvalue weighted by Gasteiger charge is 2.27. The second kappa shape index (κ2) is 4.93. The van der Waals surface area contributed by atoms with Crippen molar-refractivity contribution >= 4 is 27.3 Å². The molecular formula is C10H13BrO3S. The highest BCUT2D eigenvalue weighted by atomic mass is 79.9. The van der Waals surface area contributed by atoms with Gasteiger partial charge in [0.2, 0.25) is 0 Å². The summed E-state index contributed by atoms with van der Waals surface area (Å²) >= 11 is 5.02. The summed E-state index contributed by atoms with van der Waals surface area (Å²) in [4.78, 5) is 2.09. The molecule has 0 amide bonds. The number of aryl methyl sites for hydroxylation is 1. The minimum atomic E-state index is -0.599. The summed E-state index contributed by atoms with van der Waals surface area (Å²) < 4.78 is 11.7. The van der Waals surface area contributed by atoms with Crippen molar-refractivity contribution in [2.24, 2.45) is 0 Å². The molecule has 3 nitrogen and oxygen atoms in total. The maximum Gasteiger partial charge on any atom is 0.118 e. The molecule has 0 aliphatic carbocycles. The van der Waals surface area contributed by atoms with Gasteiger partial charge in [-0.1, -0.05) is 0 Å². The molecule has 0 aromatic carbocycles. The number of rotatable bonds is 2. The second-order valence-electron chi connectivity index (χ2n) is 3.50. The van der Waals surface area contributed by atoms with E-state index in [-0.39, 0.29) is 6.10 Å². The third kappa shape index (κ3) is 2.60. The molecule has 2 rings (SSSR count). The molecule has 2 atom stereocenters. The van der Waals surface area contributed by atoms with Gasteiger partial charge in [0.25, 0.3) is 0 Å². The van der Waals surface area contributed by atoms with Gasteiger partial charge in [-0.2, -0.15) is 0 Å². The van der Waals surface area contributed by atoms with Crippen LogP contribution in [-0.2, 0) is 9.47 Å². The van der Waals surface area contributed by atoms with Crippen LogP contribution in [0.3, 0.4) is 0 Å². The lowest BCUT2D eigenvalue weighted by Crippen LogP contribution is -2.33. The minimum Gasteiger partial charge on any atom is -0.385 e. The summed E-state index contributed by atoms with van der Waals surface area (Å²) in [6.07, 6.45) is -0.841. The van der Waals surface area contributed by atoms with Crippen LogP contribution in [0.4, 0.5) is 0 Å². The molecule has 2 unspecified atom stereocenters. The van der Waals surface area contributed by atoms with Gasteiger partial charge in [0, 0.05) is 9.35 Å². The van der Waals surface area contributed by atoms with Crippen LogP contribution >= 0.6 is 27.3 Å². The largest absolute Gasteiger partial charge is 0.385 e. The smallest absolute Gasteiger partial charge is 0.118 e. The Hall–Kier alpha value is 0.0600. The Morgan fingerprint density at radius 1 is 1.60 bits per heavy atom. The fraction of sp³-hybridized carbons (Fsp3) is 0.600. The monoisotopic (exact) mass is 292 g/mol. The molecule has 0 bridgehead atoms. The first kappa shape index (κ1) is 11.5. The SMILES string of the molecule is Cc1cc(Br)c(C(O)C2COCCO2)s1. The Kier molecular flexibility index (Phi) is 3.79. The normalized spacial score (nSPS) is 24.1. The van der Waals surface area contributed by atoms with Gasteiger partial charge in [0.05, 0.1) is 24.7 Å². The van der Waals surface area contributed by atoms with Crippen LogP contribution in [0.2, 0.25) is 0 Å². The van der Waals surface area contributed by atoms with Crippen molar-refractivity contribution in [3.05, 3.63) is 20.3 Å². The topological polar surface area (TPSA) is 38.7 Å². The van der Waals surface area contributed by atoms with Crippen LogP contribution in [0.1, 0.15) is 15.9 Å². The molecule has 1 aromatic heterocycles. The zero-order valence-corrected chi connectivity index (χ0v) is 10.8. The molecule has 1 aliphatic heterocycles. The van der Waals surface area contributed by atoms with Gasteiger partial charge in [0.15, 0.2) is 0 Å². The number of thiophene rings is 1. The highest BCUT2D eigenvalue weighted by Crippen LogP contribution is 2.34. The van der Waals surface area contributed by atoms with Crippen molar-refractivity contribution in [3.63, 3.8) is 0 Å². The van der Waals surface area contributed by atoms with Crippen LogP contribution < -0.4 is 0 Å². The van der Waals surface area contributed by atoms with E-state index in [1.54, 1.807) is 11.3 Å². The zero-order chi connectivity index (χ0) is 10.8. The lowest BCUT2D eigenvalue weighted by atomic mass is 10.1. The number of halogens is 1. The van der Waals surface area contributed by atoms with E-state index in [9.17, 15) is 5.11 Å². The van der Waals surface area contributed by atoms with E-state index in [0.717, 1.165) is 9.35 Å². The molecule has 15 heavy (non-hydrogen) atoms. The van der Waals surface area contributed by atoms with E-state index in [1.807, 2.05) is 13.0 Å². The van der Waals surface area contributed by atoms with E-state index >= 15 is 0 Å². The number of aliphatic hydroxyl groups excluding tert-OH is 1. The second-order valence-corrected chi connectivity index (χ2v) is 5.64. The fourth-order valence-corrected chi connectivity index (χ4v) is 3.48. The summed E-state index contributed by atoms with van der Waals surface area (Å²) in [5.41, 5.74) is 0. The fourth-order valence-electron chi connectivity index (χ4n) is 1.56. The van der Waals surface area contributed by atoms with Crippen molar-refractivity contribution in [2.75, 3.05) is 19.8 Å². The van der Waals surface area contributed by atoms with Gasteiger partial charge < -0.3 is 14.6 Å². The summed E-state index contributed by atoms with van der Waals surface area (Å²) in [5.74, 6) is 0. The average molecular weight is 293 g/mol. The zero-order valence-electron chi connectivity index (χ0n) is 8.40. The molecule has 84 valence electrons. The molecule has 5 heteroatoms. The Bertz CT molecular complexity index is 333. The van der Waals surface area contributed by atoms with Gasteiger partial charge in [0.1, 0.15) is 12.2 Å². The summed E-state index contributed by atoms with van der Waals surface area (Å²) in [5, 5.41) is 10.1. The molecule has 0 saturated carbocycles. The van der Waals surface area contributed by atoms with Gasteiger partial charge in [-0.25, -0.2) is 0 Å². The molecule has 1 N–H and O–H groups in total. The van der Waals surface area contributed by atoms with Crippen LogP contribution in [0.5, 0.6) is 0 Å². The van der Waals surface area contributed by atoms with E-state index in [1.165, 1.54) is 4.88 Å². The Morgan fingerprint density at radius 2 is 2.40 bits per heavy atom. The standard InChI is InChI=1S/C10H13BrO3S/c1-6-4-7(11)10(15-6)9(12)8-5-13-2-3-14-8/h4,8-9,12H,2-3,5H2,1H3. The number of ether oxygens (including phenoxy) is 2. The summed E-state index contributed by atoms with van der Waals surface area (Å²) in [7, 11) is 0. The number of aliphatic hydroxyl groups is 1. The summed E-state index contributed by atoms with van der Waals surface area (Å²) in [6.45, 7) is 3.66. The quantitative estimate of drug-likeness (QED) is 0.909. The van der Waals surface area contributed by atoms with Crippen molar-refractivity contribution in [1.29, 1.82) is 0 Å². The maximum absolute atomic E-state index is 10.1. The predicted octanol–water partition coefficient (Wildman–Crippen LogP) is 2.27. The molecule has 1 aliphatic rings. The van der Waals surface area contributed by atoms with E-state index in [0.29, 0.717) is 19.8 Å². The van der Waals surface area contributed by atoms with E-state index in [2.05, 4.69) is 15.9 Å². The van der Waals surface area contributed by atoms with Gasteiger partial charge >= 0.3 is 0 Å². The van der Waals surface area contributed by atoms with Crippen LogP contribution in [0, 0.1) is 6.92 Å². The first-order valence-corrected chi connectivity index (χ1v) is 6.42. The first-order valence-electron chi connectivity index (χ1n) is 4.81. The lowest BCUT2D eigenvalue weighted by molar-refractivity contribution is -0.132. The van der Waals surface area contributed by atoms with Crippen molar-refractivity contribution in [2.45, 2.75) is 19.1 Å². The van der Waals surface area contributed by atoms with Crippen molar-refractivity contribution in [1.82, 2.24) is 0 Å². The number of hydrogen-bond donors (Lipinski definition) is 1. The Labute approximate surface area is 101 Å². The predicted molar refractivity (Wildman–Crippen MR) is 62.3 cm³/mol. The van der Waals surface area contributed by atoms with Gasteiger partial charge in [-0.3, -0.25) is 0 Å². The molecule has 1 aromatic rings. The Morgan fingerprint density at radius 3 is 2.93 bits per heavy atom. The summed E-state index contributed by atoms with van der Waals surface area (Å²) in [6, 6.07) is 2.01. The van der Waals surface area contributed by atoms with Crippen LogP contribution in [0.15, 0.2) is 10.5 Å². The molecule has 0 radical (unpaired) electrons. The van der Waals surface area contributed by atoms with Crippen LogP contribution in [0.25, 0.3) is 0 Å². The minimum absolute atomic E-state index is 0.243. The molecule has 1 fully saturated rings. The van der Waals surface area contributed by atoms with Gasteiger partial charge in [-0.05, 0) is 28.9 Å². The third-order valence-corrected chi connectivity index (χ3v) is 4.34. The maximum atomic E-state index is 10.1. The van der Waals surface area contributed by atoms with Crippen molar-refractivity contribution < 1.29 is 14.6 Å². The number of hydrogen-bond acceptors (Lipinski definition) is 4. The highest BCUT2D eigenvalue weighted by molar-refractivity contribution is 9.10. The molecule has 2 heterocycles. The van der Waals surface area contributed by atoms with E-state index < -0.39 is 6.10 Å². The van der Waals surface area contributed by atoms with E-state index in [4.69, 9.17) is 9.47 Å². The first-order chi connectivity index (χ1) is 7.18. The molecule has 0 spiro atoms. The Balaban J connectivity index is 2.12. The van der Waals surface area contributed by atoms with Gasteiger partial charge in [-0.15, -0.1) is 11.3 Å². The van der Waals surface area contributed by atoms with Crippen molar-refractivity contribution in [3.8, 4) is 0 Å². The average Bonchev–Trinajstić information content (AvgIpc) is 2.58. The molecular weight excluding hydrogens is 280 g/mol. The molecule has 1 saturated heterocycles. The third-order valence-electron chi connectivity index (χ3n) is 2.30.